The summed E-state index contributed by atoms with van der Waals surface area (Å²) in [6, 6.07) is 4.28. The normalized spacial score (nSPS) is 24.8. The van der Waals surface area contributed by atoms with Crippen LogP contribution in [0.2, 0.25) is 0 Å². The van der Waals surface area contributed by atoms with Crippen molar-refractivity contribution in [2.75, 3.05) is 39.4 Å². The fraction of sp³-hybridized carbons (Fsp3) is 0.667. The molecule has 1 unspecified atom stereocenters. The zero-order valence-electron chi connectivity index (χ0n) is 11.8. The van der Waals surface area contributed by atoms with Crippen molar-refractivity contribution in [3.8, 4) is 0 Å². The minimum atomic E-state index is 0.182. The Morgan fingerprint density at radius 2 is 2.20 bits per heavy atom. The molecule has 20 heavy (non-hydrogen) atoms. The van der Waals surface area contributed by atoms with Gasteiger partial charge in [0.1, 0.15) is 0 Å². The number of carbonyl (C=O) groups excluding carboxylic acids is 1. The molecule has 5 heteroatoms. The summed E-state index contributed by atoms with van der Waals surface area (Å²) in [7, 11) is 0. The number of ether oxygens (including phenoxy) is 1. The summed E-state index contributed by atoms with van der Waals surface area (Å²) in [5.41, 5.74) is 0. The Morgan fingerprint density at radius 1 is 1.35 bits per heavy atom. The van der Waals surface area contributed by atoms with E-state index in [0.29, 0.717) is 19.1 Å². The molecule has 1 aromatic rings. The van der Waals surface area contributed by atoms with Gasteiger partial charge in [0, 0.05) is 31.1 Å². The maximum Gasteiger partial charge on any atom is 0.227 e. The molecule has 0 saturated carbocycles. The number of thiophene rings is 1. The van der Waals surface area contributed by atoms with Gasteiger partial charge in [-0.1, -0.05) is 6.07 Å². The molecule has 110 valence electrons. The van der Waals surface area contributed by atoms with Gasteiger partial charge in [0.2, 0.25) is 5.91 Å². The van der Waals surface area contributed by atoms with E-state index >= 15 is 0 Å². The predicted molar refractivity (Wildman–Crippen MR) is 79.7 cm³/mol. The van der Waals surface area contributed by atoms with Crippen molar-refractivity contribution >= 4 is 17.2 Å². The van der Waals surface area contributed by atoms with Gasteiger partial charge in [-0.05, 0) is 30.8 Å². The molecular weight excluding hydrogens is 272 g/mol. The first-order valence-electron chi connectivity index (χ1n) is 7.44. The molecule has 3 rings (SSSR count). The molecule has 1 atom stereocenters. The number of morpholine rings is 1. The maximum atomic E-state index is 12.5. The molecule has 4 nitrogen and oxygen atoms in total. The summed E-state index contributed by atoms with van der Waals surface area (Å²) >= 11 is 1.80. The zero-order valence-corrected chi connectivity index (χ0v) is 12.6. The first-order chi connectivity index (χ1) is 9.83. The molecule has 0 aromatic carbocycles. The van der Waals surface area contributed by atoms with Gasteiger partial charge in [-0.3, -0.25) is 9.69 Å². The van der Waals surface area contributed by atoms with Crippen molar-refractivity contribution < 1.29 is 9.53 Å². The molecule has 2 aliphatic rings. The lowest BCUT2D eigenvalue weighted by Crippen LogP contribution is -2.48. The summed E-state index contributed by atoms with van der Waals surface area (Å²) in [5.74, 6) is 0.519. The van der Waals surface area contributed by atoms with E-state index in [9.17, 15) is 4.79 Å². The van der Waals surface area contributed by atoms with Crippen LogP contribution in [0.5, 0.6) is 0 Å². The summed E-state index contributed by atoms with van der Waals surface area (Å²) in [5, 5.41) is 2.12. The van der Waals surface area contributed by atoms with E-state index < -0.39 is 0 Å². The number of piperidine rings is 1. The molecule has 1 amide bonds. The first-order valence-corrected chi connectivity index (χ1v) is 8.32. The Kier molecular flexibility index (Phi) is 4.70. The quantitative estimate of drug-likeness (QED) is 0.852. The van der Waals surface area contributed by atoms with E-state index in [1.54, 1.807) is 11.3 Å². The zero-order chi connectivity index (χ0) is 13.8. The third-order valence-corrected chi connectivity index (χ3v) is 5.00. The SMILES string of the molecule is O=C(C1CCCN(Cc2cccs2)C1)N1CCOCC1. The topological polar surface area (TPSA) is 32.8 Å². The molecule has 2 fully saturated rings. The van der Waals surface area contributed by atoms with Gasteiger partial charge in [-0.15, -0.1) is 11.3 Å². The number of amides is 1. The van der Waals surface area contributed by atoms with Gasteiger partial charge < -0.3 is 9.64 Å². The molecule has 2 aliphatic heterocycles. The highest BCUT2D eigenvalue weighted by Gasteiger charge is 2.30. The average molecular weight is 294 g/mol. The Morgan fingerprint density at radius 3 is 2.95 bits per heavy atom. The largest absolute Gasteiger partial charge is 0.378 e. The number of hydrogen-bond acceptors (Lipinski definition) is 4. The fourth-order valence-electron chi connectivity index (χ4n) is 3.07. The van der Waals surface area contributed by atoms with E-state index in [-0.39, 0.29) is 5.92 Å². The standard InChI is InChI=1S/C15H22N2O2S/c18-15(17-6-8-19-9-7-17)13-3-1-5-16(11-13)12-14-4-2-10-20-14/h2,4,10,13H,1,3,5-9,11-12H2. The van der Waals surface area contributed by atoms with Crippen molar-refractivity contribution in [1.29, 1.82) is 0 Å². The Labute approximate surface area is 124 Å². The first kappa shape index (κ1) is 14.0. The Hall–Kier alpha value is -0.910. The van der Waals surface area contributed by atoms with Crippen molar-refractivity contribution in [2.24, 2.45) is 5.92 Å². The molecule has 1 aromatic heterocycles. The smallest absolute Gasteiger partial charge is 0.227 e. The number of nitrogens with zero attached hydrogens (tertiary/aromatic N) is 2. The van der Waals surface area contributed by atoms with Crippen LogP contribution in [0.25, 0.3) is 0 Å². The van der Waals surface area contributed by atoms with Crippen LogP contribution in [0.15, 0.2) is 17.5 Å². The lowest BCUT2D eigenvalue weighted by molar-refractivity contribution is -0.141. The van der Waals surface area contributed by atoms with Crippen LogP contribution in [0.4, 0.5) is 0 Å². The number of likely N-dealkylation sites (tertiary alicyclic amines) is 1. The monoisotopic (exact) mass is 294 g/mol. The average Bonchev–Trinajstić information content (AvgIpc) is 3.01. The fourth-order valence-corrected chi connectivity index (χ4v) is 3.81. The van der Waals surface area contributed by atoms with Crippen LogP contribution in [0.1, 0.15) is 17.7 Å². The second-order valence-corrected chi connectivity index (χ2v) is 6.62. The number of carbonyl (C=O) groups is 1. The molecule has 3 heterocycles. The van der Waals surface area contributed by atoms with Gasteiger partial charge in [0.25, 0.3) is 0 Å². The van der Waals surface area contributed by atoms with Crippen LogP contribution in [-0.2, 0) is 16.1 Å². The van der Waals surface area contributed by atoms with Crippen LogP contribution < -0.4 is 0 Å². The van der Waals surface area contributed by atoms with E-state index in [1.165, 1.54) is 4.88 Å². The maximum absolute atomic E-state index is 12.5. The third-order valence-electron chi connectivity index (χ3n) is 4.14. The van der Waals surface area contributed by atoms with Crippen molar-refractivity contribution in [3.05, 3.63) is 22.4 Å². The third kappa shape index (κ3) is 3.40. The Balaban J connectivity index is 1.55. The molecule has 0 radical (unpaired) electrons. The highest BCUT2D eigenvalue weighted by atomic mass is 32.1. The summed E-state index contributed by atoms with van der Waals surface area (Å²) < 4.78 is 5.33. The molecule has 0 spiro atoms. The summed E-state index contributed by atoms with van der Waals surface area (Å²) in [4.78, 5) is 18.4. The van der Waals surface area contributed by atoms with Gasteiger partial charge in [0.05, 0.1) is 19.1 Å². The number of rotatable bonds is 3. The minimum absolute atomic E-state index is 0.182. The second kappa shape index (κ2) is 6.70. The summed E-state index contributed by atoms with van der Waals surface area (Å²) in [6.07, 6.45) is 2.17. The van der Waals surface area contributed by atoms with E-state index in [0.717, 1.165) is 45.6 Å². The second-order valence-electron chi connectivity index (χ2n) is 5.59. The van der Waals surface area contributed by atoms with E-state index in [2.05, 4.69) is 22.4 Å². The van der Waals surface area contributed by atoms with Crippen molar-refractivity contribution in [2.45, 2.75) is 19.4 Å². The molecule has 0 N–H and O–H groups in total. The number of hydrogen-bond donors (Lipinski definition) is 0. The van der Waals surface area contributed by atoms with Crippen LogP contribution in [-0.4, -0.2) is 55.1 Å². The van der Waals surface area contributed by atoms with Gasteiger partial charge in [-0.2, -0.15) is 0 Å². The van der Waals surface area contributed by atoms with Crippen LogP contribution in [0.3, 0.4) is 0 Å². The highest BCUT2D eigenvalue weighted by Crippen LogP contribution is 2.22. The van der Waals surface area contributed by atoms with Crippen molar-refractivity contribution in [1.82, 2.24) is 9.80 Å². The lowest BCUT2D eigenvalue weighted by Gasteiger charge is -2.36. The van der Waals surface area contributed by atoms with Crippen LogP contribution in [0, 0.1) is 5.92 Å². The van der Waals surface area contributed by atoms with Gasteiger partial charge in [0.15, 0.2) is 0 Å². The van der Waals surface area contributed by atoms with Gasteiger partial charge >= 0.3 is 0 Å². The van der Waals surface area contributed by atoms with Gasteiger partial charge in [-0.25, -0.2) is 0 Å². The summed E-state index contributed by atoms with van der Waals surface area (Å²) in [6.45, 7) is 5.93. The van der Waals surface area contributed by atoms with E-state index in [4.69, 9.17) is 4.74 Å². The molecule has 2 saturated heterocycles. The molecule has 0 bridgehead atoms. The minimum Gasteiger partial charge on any atom is -0.378 e. The lowest BCUT2D eigenvalue weighted by atomic mass is 9.96. The van der Waals surface area contributed by atoms with Crippen molar-refractivity contribution in [3.63, 3.8) is 0 Å². The van der Waals surface area contributed by atoms with Crippen LogP contribution >= 0.6 is 11.3 Å². The Bertz CT molecular complexity index is 429. The molecule has 0 aliphatic carbocycles. The predicted octanol–water partition coefficient (Wildman–Crippen LogP) is 1.82. The molecular formula is C15H22N2O2S. The highest BCUT2D eigenvalue weighted by molar-refractivity contribution is 7.09. The van der Waals surface area contributed by atoms with E-state index in [1.807, 2.05) is 4.90 Å².